The van der Waals surface area contributed by atoms with Gasteiger partial charge in [-0.3, -0.25) is 4.79 Å². The molecule has 0 fully saturated rings. The Morgan fingerprint density at radius 3 is 2.39 bits per heavy atom. The van der Waals surface area contributed by atoms with Crippen molar-refractivity contribution in [2.45, 2.75) is 53.5 Å². The van der Waals surface area contributed by atoms with Crippen LogP contribution >= 0.6 is 0 Å². The van der Waals surface area contributed by atoms with Crippen LogP contribution in [-0.4, -0.2) is 11.8 Å². The summed E-state index contributed by atoms with van der Waals surface area (Å²) in [5, 5.41) is 0. The molecule has 0 radical (unpaired) electrons. The van der Waals surface area contributed by atoms with Crippen molar-refractivity contribution in [3.63, 3.8) is 0 Å². The Balaban J connectivity index is 0.00000137. The first-order valence-electron chi connectivity index (χ1n) is 6.84. The van der Waals surface area contributed by atoms with Crippen molar-refractivity contribution in [3.05, 3.63) is 35.4 Å². The third-order valence-corrected chi connectivity index (χ3v) is 2.61. The monoisotopic (exact) mass is 249 g/mol. The van der Waals surface area contributed by atoms with Crippen LogP contribution in [0.15, 0.2) is 24.3 Å². The molecule has 0 saturated carbocycles. The van der Waals surface area contributed by atoms with Gasteiger partial charge in [-0.1, -0.05) is 45.9 Å². The molecular formula is C16H27NO. The maximum Gasteiger partial charge on any atom is 0.159 e. The summed E-state index contributed by atoms with van der Waals surface area (Å²) in [6, 6.07) is 7.94. The maximum atomic E-state index is 11.2. The van der Waals surface area contributed by atoms with Crippen LogP contribution in [0.4, 0.5) is 0 Å². The van der Waals surface area contributed by atoms with Gasteiger partial charge in [-0.2, -0.15) is 0 Å². The lowest BCUT2D eigenvalue weighted by atomic mass is 9.97. The summed E-state index contributed by atoms with van der Waals surface area (Å²) >= 11 is 0. The quantitative estimate of drug-likeness (QED) is 0.806. The van der Waals surface area contributed by atoms with Gasteiger partial charge in [0.1, 0.15) is 0 Å². The van der Waals surface area contributed by atoms with E-state index in [1.807, 2.05) is 38.1 Å². The van der Waals surface area contributed by atoms with Gasteiger partial charge in [0.2, 0.25) is 0 Å². The first-order valence-corrected chi connectivity index (χ1v) is 6.84. The molecule has 2 N–H and O–H groups in total. The van der Waals surface area contributed by atoms with E-state index in [0.717, 1.165) is 24.0 Å². The van der Waals surface area contributed by atoms with Gasteiger partial charge in [-0.25, -0.2) is 0 Å². The van der Waals surface area contributed by atoms with Crippen LogP contribution in [0.5, 0.6) is 0 Å². The van der Waals surface area contributed by atoms with Crippen LogP contribution < -0.4 is 5.73 Å². The predicted molar refractivity (Wildman–Crippen MR) is 78.9 cm³/mol. The highest BCUT2D eigenvalue weighted by molar-refractivity contribution is 5.94. The van der Waals surface area contributed by atoms with Crippen LogP contribution in [0.25, 0.3) is 0 Å². The fourth-order valence-corrected chi connectivity index (χ4v) is 1.91. The maximum absolute atomic E-state index is 11.2. The van der Waals surface area contributed by atoms with Crippen molar-refractivity contribution in [2.24, 2.45) is 11.7 Å². The molecule has 0 aromatic heterocycles. The third kappa shape index (κ3) is 6.55. The number of benzene rings is 1. The lowest BCUT2D eigenvalue weighted by molar-refractivity contribution is 0.101. The fourth-order valence-electron chi connectivity index (χ4n) is 1.91. The van der Waals surface area contributed by atoms with Gasteiger partial charge >= 0.3 is 0 Å². The molecule has 0 heterocycles. The highest BCUT2D eigenvalue weighted by Crippen LogP contribution is 2.11. The summed E-state index contributed by atoms with van der Waals surface area (Å²) in [5.41, 5.74) is 7.97. The zero-order chi connectivity index (χ0) is 14.1. The summed E-state index contributed by atoms with van der Waals surface area (Å²) in [7, 11) is 0. The lowest BCUT2D eigenvalue weighted by Crippen LogP contribution is -2.24. The molecule has 1 aromatic carbocycles. The van der Waals surface area contributed by atoms with Gasteiger partial charge in [-0.15, -0.1) is 0 Å². The molecule has 1 aromatic rings. The van der Waals surface area contributed by atoms with Crippen LogP contribution in [0, 0.1) is 5.92 Å². The number of carbonyl (C=O) groups is 1. The van der Waals surface area contributed by atoms with Crippen LogP contribution in [0.3, 0.4) is 0 Å². The van der Waals surface area contributed by atoms with E-state index < -0.39 is 0 Å². The molecule has 0 saturated heterocycles. The smallest absolute Gasteiger partial charge is 0.159 e. The first-order chi connectivity index (χ1) is 8.49. The highest BCUT2D eigenvalue weighted by atomic mass is 16.1. The van der Waals surface area contributed by atoms with Crippen molar-refractivity contribution >= 4 is 5.78 Å². The summed E-state index contributed by atoms with van der Waals surface area (Å²) in [6.07, 6.45) is 1.86. The van der Waals surface area contributed by atoms with Crippen molar-refractivity contribution in [1.29, 1.82) is 0 Å². The molecule has 1 unspecified atom stereocenters. The number of hydrogen-bond donors (Lipinski definition) is 1. The van der Waals surface area contributed by atoms with E-state index in [-0.39, 0.29) is 11.8 Å². The van der Waals surface area contributed by atoms with E-state index in [1.165, 1.54) is 0 Å². The number of ketones is 1. The van der Waals surface area contributed by atoms with E-state index in [2.05, 4.69) is 13.8 Å². The van der Waals surface area contributed by atoms with Crippen molar-refractivity contribution < 1.29 is 4.79 Å². The topological polar surface area (TPSA) is 43.1 Å². The molecular weight excluding hydrogens is 222 g/mol. The normalized spacial score (nSPS) is 11.7. The number of rotatable bonds is 5. The molecule has 0 aliphatic carbocycles. The Bertz CT molecular complexity index is 358. The summed E-state index contributed by atoms with van der Waals surface area (Å²) in [4.78, 5) is 11.2. The minimum atomic E-state index is 0.110. The van der Waals surface area contributed by atoms with E-state index in [0.29, 0.717) is 5.92 Å². The van der Waals surface area contributed by atoms with E-state index >= 15 is 0 Å². The average molecular weight is 249 g/mol. The number of carbonyl (C=O) groups excluding carboxylic acids is 1. The minimum absolute atomic E-state index is 0.110. The van der Waals surface area contributed by atoms with Gasteiger partial charge < -0.3 is 5.73 Å². The Kier molecular flexibility index (Phi) is 8.30. The summed E-state index contributed by atoms with van der Waals surface area (Å²) in [6.45, 7) is 9.94. The Morgan fingerprint density at radius 2 is 1.89 bits per heavy atom. The van der Waals surface area contributed by atoms with Crippen LogP contribution in [-0.2, 0) is 6.42 Å². The van der Waals surface area contributed by atoms with E-state index in [4.69, 9.17) is 5.73 Å². The molecule has 18 heavy (non-hydrogen) atoms. The molecule has 1 atom stereocenters. The molecule has 0 aliphatic heterocycles. The van der Waals surface area contributed by atoms with Gasteiger partial charge in [0.25, 0.3) is 0 Å². The SMILES string of the molecule is CC.CC(=O)c1cccc(CC(N)CC(C)C)c1. The van der Waals surface area contributed by atoms with Crippen molar-refractivity contribution in [3.8, 4) is 0 Å². The Hall–Kier alpha value is -1.15. The van der Waals surface area contributed by atoms with Gasteiger partial charge in [0, 0.05) is 11.6 Å². The molecule has 1 rings (SSSR count). The fraction of sp³-hybridized carbons (Fsp3) is 0.562. The van der Waals surface area contributed by atoms with Crippen LogP contribution in [0.2, 0.25) is 0 Å². The second kappa shape index (κ2) is 8.87. The molecule has 0 spiro atoms. The standard InChI is InChI=1S/C14H21NO.C2H6/c1-10(2)7-14(15)9-12-5-4-6-13(8-12)11(3)16;1-2/h4-6,8,10,14H,7,9,15H2,1-3H3;1-2H3. The van der Waals surface area contributed by atoms with Gasteiger partial charge in [0.15, 0.2) is 5.78 Å². The summed E-state index contributed by atoms with van der Waals surface area (Å²) < 4.78 is 0. The number of hydrogen-bond acceptors (Lipinski definition) is 2. The summed E-state index contributed by atoms with van der Waals surface area (Å²) in [5.74, 6) is 0.727. The zero-order valence-corrected chi connectivity index (χ0v) is 12.4. The Labute approximate surface area is 112 Å². The van der Waals surface area contributed by atoms with E-state index in [1.54, 1.807) is 6.92 Å². The molecule has 2 nitrogen and oxygen atoms in total. The molecule has 0 aliphatic rings. The Morgan fingerprint density at radius 1 is 1.28 bits per heavy atom. The second-order valence-corrected chi connectivity index (χ2v) is 4.85. The van der Waals surface area contributed by atoms with Crippen molar-refractivity contribution in [1.82, 2.24) is 0 Å². The highest BCUT2D eigenvalue weighted by Gasteiger charge is 2.07. The molecule has 2 heteroatoms. The number of nitrogens with two attached hydrogens (primary N) is 1. The molecule has 0 amide bonds. The zero-order valence-electron chi connectivity index (χ0n) is 12.4. The van der Waals surface area contributed by atoms with Gasteiger partial charge in [0.05, 0.1) is 0 Å². The predicted octanol–water partition coefficient (Wildman–Crippen LogP) is 3.83. The van der Waals surface area contributed by atoms with Crippen LogP contribution in [0.1, 0.15) is 57.0 Å². The molecule has 0 bridgehead atoms. The second-order valence-electron chi connectivity index (χ2n) is 4.85. The largest absolute Gasteiger partial charge is 0.327 e. The lowest BCUT2D eigenvalue weighted by Gasteiger charge is -2.14. The first kappa shape index (κ1) is 16.9. The third-order valence-electron chi connectivity index (χ3n) is 2.61. The number of Topliss-reactive ketones (excluding diaryl/α,β-unsaturated/α-hetero) is 1. The average Bonchev–Trinajstić information content (AvgIpc) is 2.30. The minimum Gasteiger partial charge on any atom is -0.327 e. The van der Waals surface area contributed by atoms with Gasteiger partial charge in [-0.05, 0) is 37.3 Å². The van der Waals surface area contributed by atoms with E-state index in [9.17, 15) is 4.79 Å². The molecule has 102 valence electrons. The van der Waals surface area contributed by atoms with Crippen molar-refractivity contribution in [2.75, 3.05) is 0 Å².